The van der Waals surface area contributed by atoms with Crippen LogP contribution in [0.2, 0.25) is 0 Å². The second kappa shape index (κ2) is 6.60. The molecule has 7 heteroatoms. The molecule has 0 aliphatic carbocycles. The summed E-state index contributed by atoms with van der Waals surface area (Å²) in [6.45, 7) is 1.82. The lowest BCUT2D eigenvalue weighted by atomic mass is 10.2. The highest BCUT2D eigenvalue weighted by Gasteiger charge is 2.23. The van der Waals surface area contributed by atoms with Crippen LogP contribution in [0.1, 0.15) is 5.56 Å². The molecule has 130 valence electrons. The van der Waals surface area contributed by atoms with E-state index in [2.05, 4.69) is 9.71 Å². The number of sulfonamides is 1. The van der Waals surface area contributed by atoms with Crippen molar-refractivity contribution in [2.75, 3.05) is 18.9 Å². The Balaban J connectivity index is 2.11. The maximum Gasteiger partial charge on any atom is 0.265 e. The van der Waals surface area contributed by atoms with E-state index in [1.54, 1.807) is 30.5 Å². The first-order chi connectivity index (χ1) is 12.0. The Hall–Kier alpha value is -2.80. The second-order valence-corrected chi connectivity index (χ2v) is 7.11. The number of pyridine rings is 1. The fourth-order valence-corrected chi connectivity index (χ4v) is 3.85. The van der Waals surface area contributed by atoms with E-state index in [4.69, 9.17) is 9.47 Å². The largest absolute Gasteiger partial charge is 0.496 e. The zero-order valence-electron chi connectivity index (χ0n) is 14.1. The number of fused-ring (bicyclic) bond motifs is 1. The summed E-state index contributed by atoms with van der Waals surface area (Å²) in [6, 6.07) is 12.1. The van der Waals surface area contributed by atoms with Gasteiger partial charge in [-0.15, -0.1) is 0 Å². The summed E-state index contributed by atoms with van der Waals surface area (Å²) in [5.41, 5.74) is 1.76. The normalized spacial score (nSPS) is 11.3. The number of anilines is 1. The number of hydrogen-bond acceptors (Lipinski definition) is 5. The molecule has 1 heterocycles. The van der Waals surface area contributed by atoms with E-state index in [-0.39, 0.29) is 10.6 Å². The summed E-state index contributed by atoms with van der Waals surface area (Å²) < 4.78 is 38.9. The van der Waals surface area contributed by atoms with E-state index in [0.29, 0.717) is 17.0 Å². The minimum absolute atomic E-state index is 0.00499. The molecule has 0 aliphatic rings. The quantitative estimate of drug-likeness (QED) is 0.757. The fraction of sp³-hybridized carbons (Fsp3) is 0.167. The summed E-state index contributed by atoms with van der Waals surface area (Å²) in [4.78, 5) is 4.27. The van der Waals surface area contributed by atoms with Gasteiger partial charge in [-0.3, -0.25) is 9.71 Å². The number of hydrogen-bond donors (Lipinski definition) is 1. The van der Waals surface area contributed by atoms with Crippen molar-refractivity contribution in [3.8, 4) is 11.5 Å². The number of ether oxygens (including phenoxy) is 2. The molecule has 0 radical (unpaired) electrons. The molecule has 25 heavy (non-hydrogen) atoms. The molecule has 0 saturated heterocycles. The first kappa shape index (κ1) is 17.0. The van der Waals surface area contributed by atoms with Gasteiger partial charge in [0.2, 0.25) is 0 Å². The molecule has 0 unspecified atom stereocenters. The molecule has 0 saturated carbocycles. The summed E-state index contributed by atoms with van der Waals surface area (Å²) in [5.74, 6) is 0.719. The van der Waals surface area contributed by atoms with Crippen molar-refractivity contribution in [1.29, 1.82) is 0 Å². The monoisotopic (exact) mass is 358 g/mol. The van der Waals surface area contributed by atoms with Gasteiger partial charge in [0.15, 0.2) is 0 Å². The Labute approximate surface area is 146 Å². The third-order valence-corrected chi connectivity index (χ3v) is 5.23. The zero-order chi connectivity index (χ0) is 18.0. The van der Waals surface area contributed by atoms with Crippen molar-refractivity contribution in [1.82, 2.24) is 4.98 Å². The van der Waals surface area contributed by atoms with Gasteiger partial charge in [0, 0.05) is 17.6 Å². The smallest absolute Gasteiger partial charge is 0.265 e. The maximum atomic E-state index is 12.9. The molecule has 0 aliphatic heterocycles. The lowest BCUT2D eigenvalue weighted by Crippen LogP contribution is -2.15. The molecule has 2 aromatic carbocycles. The highest BCUT2D eigenvalue weighted by molar-refractivity contribution is 7.92. The molecule has 0 atom stereocenters. The molecular formula is C18H18N2O4S. The zero-order valence-corrected chi connectivity index (χ0v) is 14.9. The van der Waals surface area contributed by atoms with Crippen LogP contribution in [-0.4, -0.2) is 27.6 Å². The van der Waals surface area contributed by atoms with E-state index >= 15 is 0 Å². The van der Waals surface area contributed by atoms with E-state index in [1.165, 1.54) is 20.3 Å². The van der Waals surface area contributed by atoms with Crippen molar-refractivity contribution in [3.63, 3.8) is 0 Å². The van der Waals surface area contributed by atoms with Gasteiger partial charge in [-0.05, 0) is 30.7 Å². The van der Waals surface area contributed by atoms with Gasteiger partial charge in [-0.2, -0.15) is 0 Å². The van der Waals surface area contributed by atoms with Gasteiger partial charge in [0.1, 0.15) is 16.4 Å². The van der Waals surface area contributed by atoms with Crippen LogP contribution in [0.25, 0.3) is 10.9 Å². The topological polar surface area (TPSA) is 77.5 Å². The summed E-state index contributed by atoms with van der Waals surface area (Å²) in [7, 11) is -0.968. The van der Waals surface area contributed by atoms with Crippen LogP contribution in [-0.2, 0) is 10.0 Å². The number of aromatic nitrogens is 1. The van der Waals surface area contributed by atoms with Gasteiger partial charge in [-0.1, -0.05) is 18.2 Å². The van der Waals surface area contributed by atoms with Crippen LogP contribution < -0.4 is 14.2 Å². The number of nitrogens with one attached hydrogen (secondary N) is 1. The Morgan fingerprint density at radius 2 is 1.72 bits per heavy atom. The first-order valence-electron chi connectivity index (χ1n) is 7.55. The fourth-order valence-electron chi connectivity index (χ4n) is 2.62. The molecule has 1 N–H and O–H groups in total. The van der Waals surface area contributed by atoms with E-state index < -0.39 is 10.0 Å². The Morgan fingerprint density at radius 1 is 1.00 bits per heavy atom. The van der Waals surface area contributed by atoms with Crippen LogP contribution in [0, 0.1) is 6.92 Å². The molecule has 3 rings (SSSR count). The van der Waals surface area contributed by atoms with Crippen molar-refractivity contribution < 1.29 is 17.9 Å². The molecule has 0 spiro atoms. The minimum atomic E-state index is -3.89. The molecule has 1 aromatic heterocycles. The highest BCUT2D eigenvalue weighted by atomic mass is 32.2. The van der Waals surface area contributed by atoms with Crippen molar-refractivity contribution in [2.45, 2.75) is 11.8 Å². The number of aryl methyl sites for hydroxylation is 1. The number of nitrogens with zero attached hydrogens (tertiary/aromatic N) is 1. The average Bonchev–Trinajstić information content (AvgIpc) is 2.61. The molecule has 0 amide bonds. The maximum absolute atomic E-state index is 12.9. The summed E-state index contributed by atoms with van der Waals surface area (Å²) >= 11 is 0. The van der Waals surface area contributed by atoms with Crippen LogP contribution >= 0.6 is 0 Å². The number of methoxy groups -OCH3 is 2. The number of rotatable bonds is 5. The van der Waals surface area contributed by atoms with E-state index in [9.17, 15) is 8.42 Å². The molecular weight excluding hydrogens is 340 g/mol. The van der Waals surface area contributed by atoms with Gasteiger partial charge in [0.25, 0.3) is 10.0 Å². The summed E-state index contributed by atoms with van der Waals surface area (Å²) in [5, 5.41) is 0.844. The Morgan fingerprint density at radius 3 is 2.44 bits per heavy atom. The predicted octanol–water partition coefficient (Wildman–Crippen LogP) is 3.36. The van der Waals surface area contributed by atoms with Crippen LogP contribution in [0.15, 0.2) is 53.6 Å². The standard InChI is InChI=1S/C18H18N2O4S/c1-12-10-16(24-3)17(11-15(12)23-2)25(21,22)20-14-8-4-6-13-7-5-9-19-18(13)14/h4-11,20H,1-3H3. The van der Waals surface area contributed by atoms with Crippen molar-refractivity contribution >= 4 is 26.6 Å². The predicted molar refractivity (Wildman–Crippen MR) is 96.8 cm³/mol. The lowest BCUT2D eigenvalue weighted by Gasteiger charge is -2.15. The first-order valence-corrected chi connectivity index (χ1v) is 9.04. The third kappa shape index (κ3) is 3.23. The Bertz CT molecular complexity index is 1030. The number of benzene rings is 2. The van der Waals surface area contributed by atoms with Crippen LogP contribution in [0.4, 0.5) is 5.69 Å². The van der Waals surface area contributed by atoms with Gasteiger partial charge < -0.3 is 9.47 Å². The van der Waals surface area contributed by atoms with E-state index in [0.717, 1.165) is 10.9 Å². The third-order valence-electron chi connectivity index (χ3n) is 3.85. The van der Waals surface area contributed by atoms with Gasteiger partial charge in [0.05, 0.1) is 25.4 Å². The molecule has 6 nitrogen and oxygen atoms in total. The summed E-state index contributed by atoms with van der Waals surface area (Å²) in [6.07, 6.45) is 1.62. The van der Waals surface area contributed by atoms with E-state index in [1.807, 2.05) is 19.1 Å². The van der Waals surface area contributed by atoms with Crippen molar-refractivity contribution in [2.24, 2.45) is 0 Å². The van der Waals surface area contributed by atoms with Crippen LogP contribution in [0.3, 0.4) is 0 Å². The lowest BCUT2D eigenvalue weighted by molar-refractivity contribution is 0.390. The Kier molecular flexibility index (Phi) is 4.50. The minimum Gasteiger partial charge on any atom is -0.496 e. The van der Waals surface area contributed by atoms with Crippen molar-refractivity contribution in [3.05, 3.63) is 54.2 Å². The number of para-hydroxylation sites is 1. The second-order valence-electron chi connectivity index (χ2n) is 5.46. The molecule has 0 bridgehead atoms. The molecule has 3 aromatic rings. The highest BCUT2D eigenvalue weighted by Crippen LogP contribution is 2.33. The van der Waals surface area contributed by atoms with Crippen LogP contribution in [0.5, 0.6) is 11.5 Å². The van der Waals surface area contributed by atoms with Gasteiger partial charge in [-0.25, -0.2) is 8.42 Å². The average molecular weight is 358 g/mol. The van der Waals surface area contributed by atoms with Gasteiger partial charge >= 0.3 is 0 Å². The SMILES string of the molecule is COc1cc(S(=O)(=O)Nc2cccc3cccnc23)c(OC)cc1C. The molecule has 0 fully saturated rings.